The van der Waals surface area contributed by atoms with Crippen molar-refractivity contribution in [3.8, 4) is 17.2 Å². The molecule has 0 amide bonds. The number of imidazole rings is 1. The van der Waals surface area contributed by atoms with Gasteiger partial charge in [-0.25, -0.2) is 14.5 Å². The van der Waals surface area contributed by atoms with Crippen molar-refractivity contribution >= 4 is 5.65 Å². The van der Waals surface area contributed by atoms with Gasteiger partial charge in [0.25, 0.3) is 0 Å². The van der Waals surface area contributed by atoms with Crippen molar-refractivity contribution < 1.29 is 9.47 Å². The monoisotopic (exact) mass is 349 g/mol. The van der Waals surface area contributed by atoms with Crippen LogP contribution in [0.15, 0.2) is 49.1 Å². The molecule has 0 bridgehead atoms. The Kier molecular flexibility index (Phi) is 4.04. The maximum absolute atomic E-state index is 5.57. The summed E-state index contributed by atoms with van der Waals surface area (Å²) in [7, 11) is 3.30. The summed E-state index contributed by atoms with van der Waals surface area (Å²) < 4.78 is 14.6. The van der Waals surface area contributed by atoms with E-state index >= 15 is 0 Å². The SMILES string of the molecule is COc1cc(Cc2nc3c(OC)cccn3n2)ccc1-n1cnc(C)c1. The number of aromatic nitrogens is 5. The van der Waals surface area contributed by atoms with Gasteiger partial charge in [-0.15, -0.1) is 0 Å². The molecule has 1 aromatic carbocycles. The molecule has 0 unspecified atom stereocenters. The third-order valence-corrected chi connectivity index (χ3v) is 4.19. The lowest BCUT2D eigenvalue weighted by molar-refractivity contribution is 0.412. The quantitative estimate of drug-likeness (QED) is 0.554. The van der Waals surface area contributed by atoms with E-state index in [1.807, 2.05) is 48.1 Å². The Morgan fingerprint density at radius 1 is 1.08 bits per heavy atom. The van der Waals surface area contributed by atoms with Crippen LogP contribution in [0.1, 0.15) is 17.1 Å². The van der Waals surface area contributed by atoms with E-state index in [2.05, 4.69) is 21.1 Å². The van der Waals surface area contributed by atoms with Crippen molar-refractivity contribution in [1.29, 1.82) is 0 Å². The molecule has 0 atom stereocenters. The van der Waals surface area contributed by atoms with Gasteiger partial charge in [0.2, 0.25) is 0 Å². The predicted molar refractivity (Wildman–Crippen MR) is 97.2 cm³/mol. The van der Waals surface area contributed by atoms with Crippen molar-refractivity contribution in [3.63, 3.8) is 0 Å². The van der Waals surface area contributed by atoms with Crippen LogP contribution in [0.4, 0.5) is 0 Å². The van der Waals surface area contributed by atoms with E-state index < -0.39 is 0 Å². The van der Waals surface area contributed by atoms with Crippen LogP contribution >= 0.6 is 0 Å². The number of nitrogens with zero attached hydrogens (tertiary/aromatic N) is 5. The minimum atomic E-state index is 0.602. The van der Waals surface area contributed by atoms with Gasteiger partial charge in [-0.05, 0) is 36.8 Å². The Hall–Kier alpha value is -3.35. The van der Waals surface area contributed by atoms with E-state index in [1.165, 1.54) is 0 Å². The summed E-state index contributed by atoms with van der Waals surface area (Å²) in [5, 5.41) is 4.53. The fourth-order valence-corrected chi connectivity index (χ4v) is 2.94. The Labute approximate surface area is 150 Å². The standard InChI is InChI=1S/C19H19N5O2/c1-13-11-23(12-20-13)15-7-6-14(9-17(15)26-3)10-18-21-19-16(25-2)5-4-8-24(19)22-18/h4-9,11-12H,10H2,1-3H3. The minimum absolute atomic E-state index is 0.602. The number of hydrogen-bond donors (Lipinski definition) is 0. The molecule has 0 spiro atoms. The van der Waals surface area contributed by atoms with Gasteiger partial charge in [-0.2, -0.15) is 5.10 Å². The van der Waals surface area contributed by atoms with E-state index in [0.29, 0.717) is 17.8 Å². The number of pyridine rings is 1. The molecule has 0 saturated heterocycles. The van der Waals surface area contributed by atoms with Crippen molar-refractivity contribution in [1.82, 2.24) is 24.1 Å². The number of benzene rings is 1. The highest BCUT2D eigenvalue weighted by molar-refractivity contribution is 5.53. The van der Waals surface area contributed by atoms with Gasteiger partial charge >= 0.3 is 0 Å². The van der Waals surface area contributed by atoms with Gasteiger partial charge in [0.15, 0.2) is 17.2 Å². The topological polar surface area (TPSA) is 66.5 Å². The lowest BCUT2D eigenvalue weighted by Crippen LogP contribution is -1.98. The lowest BCUT2D eigenvalue weighted by Gasteiger charge is -2.10. The molecule has 7 nitrogen and oxygen atoms in total. The highest BCUT2D eigenvalue weighted by atomic mass is 16.5. The second-order valence-corrected chi connectivity index (χ2v) is 5.98. The largest absolute Gasteiger partial charge is 0.495 e. The van der Waals surface area contributed by atoms with Crippen LogP contribution in [0.3, 0.4) is 0 Å². The molecule has 3 heterocycles. The number of fused-ring (bicyclic) bond motifs is 1. The van der Waals surface area contributed by atoms with E-state index in [-0.39, 0.29) is 0 Å². The molecule has 0 N–H and O–H groups in total. The first-order valence-corrected chi connectivity index (χ1v) is 8.24. The maximum atomic E-state index is 5.57. The molecule has 0 saturated carbocycles. The number of aryl methyl sites for hydroxylation is 1. The van der Waals surface area contributed by atoms with Crippen molar-refractivity contribution in [3.05, 3.63) is 66.1 Å². The normalized spacial score (nSPS) is 11.0. The summed E-state index contributed by atoms with van der Waals surface area (Å²) in [6.45, 7) is 1.96. The van der Waals surface area contributed by atoms with Crippen LogP contribution in [0.25, 0.3) is 11.3 Å². The number of rotatable bonds is 5. The predicted octanol–water partition coefficient (Wildman–Crippen LogP) is 2.83. The molecular formula is C19H19N5O2. The van der Waals surface area contributed by atoms with Gasteiger partial charge in [0.05, 0.1) is 31.9 Å². The fraction of sp³-hybridized carbons (Fsp3) is 0.211. The third kappa shape index (κ3) is 2.88. The minimum Gasteiger partial charge on any atom is -0.495 e. The molecule has 132 valence electrons. The smallest absolute Gasteiger partial charge is 0.198 e. The summed E-state index contributed by atoms with van der Waals surface area (Å²) in [5.74, 6) is 2.21. The van der Waals surface area contributed by atoms with Gasteiger partial charge in [0, 0.05) is 18.8 Å². The Balaban J connectivity index is 1.66. The molecule has 0 fully saturated rings. The Morgan fingerprint density at radius 2 is 1.92 bits per heavy atom. The van der Waals surface area contributed by atoms with Gasteiger partial charge in [-0.1, -0.05) is 6.07 Å². The Bertz CT molecular complexity index is 1070. The van der Waals surface area contributed by atoms with Crippen molar-refractivity contribution in [2.45, 2.75) is 13.3 Å². The zero-order chi connectivity index (χ0) is 18.1. The molecule has 4 rings (SSSR count). The summed E-state index contributed by atoms with van der Waals surface area (Å²) >= 11 is 0. The lowest BCUT2D eigenvalue weighted by atomic mass is 10.1. The summed E-state index contributed by atoms with van der Waals surface area (Å²) in [6.07, 6.45) is 6.21. The highest BCUT2D eigenvalue weighted by Gasteiger charge is 2.11. The van der Waals surface area contributed by atoms with Crippen LogP contribution in [0.2, 0.25) is 0 Å². The molecule has 7 heteroatoms. The fourth-order valence-electron chi connectivity index (χ4n) is 2.94. The van der Waals surface area contributed by atoms with Crippen molar-refractivity contribution in [2.24, 2.45) is 0 Å². The Morgan fingerprint density at radius 3 is 2.65 bits per heavy atom. The van der Waals surface area contributed by atoms with Crippen molar-refractivity contribution in [2.75, 3.05) is 14.2 Å². The zero-order valence-electron chi connectivity index (χ0n) is 14.9. The van der Waals surface area contributed by atoms with E-state index in [9.17, 15) is 0 Å². The van der Waals surface area contributed by atoms with Crippen LogP contribution < -0.4 is 9.47 Å². The average molecular weight is 349 g/mol. The molecule has 26 heavy (non-hydrogen) atoms. The third-order valence-electron chi connectivity index (χ3n) is 4.19. The van der Waals surface area contributed by atoms with Crippen LogP contribution in [0, 0.1) is 6.92 Å². The number of hydrogen-bond acceptors (Lipinski definition) is 5. The molecule has 0 aliphatic heterocycles. The van der Waals surface area contributed by atoms with Gasteiger partial charge in [-0.3, -0.25) is 0 Å². The highest BCUT2D eigenvalue weighted by Crippen LogP contribution is 2.26. The zero-order valence-corrected chi connectivity index (χ0v) is 14.9. The number of ether oxygens (including phenoxy) is 2. The summed E-state index contributed by atoms with van der Waals surface area (Å²) in [6, 6.07) is 9.84. The van der Waals surface area contributed by atoms with E-state index in [1.54, 1.807) is 25.1 Å². The summed E-state index contributed by atoms with van der Waals surface area (Å²) in [5.41, 5.74) is 3.68. The molecule has 0 aliphatic rings. The first-order chi connectivity index (χ1) is 12.7. The van der Waals surface area contributed by atoms with Crippen LogP contribution in [0.5, 0.6) is 11.5 Å². The maximum Gasteiger partial charge on any atom is 0.198 e. The first kappa shape index (κ1) is 16.1. The molecule has 3 aromatic heterocycles. The first-order valence-electron chi connectivity index (χ1n) is 8.24. The molecule has 0 aliphatic carbocycles. The van der Waals surface area contributed by atoms with E-state index in [4.69, 9.17) is 9.47 Å². The second kappa shape index (κ2) is 6.51. The molecule has 4 aromatic rings. The van der Waals surface area contributed by atoms with Crippen LogP contribution in [-0.4, -0.2) is 38.4 Å². The average Bonchev–Trinajstić information content (AvgIpc) is 3.26. The second-order valence-electron chi connectivity index (χ2n) is 5.98. The van der Waals surface area contributed by atoms with Gasteiger partial charge < -0.3 is 14.0 Å². The van der Waals surface area contributed by atoms with Crippen LogP contribution in [-0.2, 0) is 6.42 Å². The van der Waals surface area contributed by atoms with Gasteiger partial charge in [0.1, 0.15) is 5.75 Å². The van der Waals surface area contributed by atoms with E-state index in [0.717, 1.165) is 28.5 Å². The molecular weight excluding hydrogens is 330 g/mol. The summed E-state index contributed by atoms with van der Waals surface area (Å²) in [4.78, 5) is 8.86. The molecule has 0 radical (unpaired) electrons. The number of methoxy groups -OCH3 is 2.